The van der Waals surface area contributed by atoms with Crippen LogP contribution in [-0.4, -0.2) is 180 Å². The Kier molecular flexibility index (Phi) is 12.9. The number of esters is 2. The van der Waals surface area contributed by atoms with E-state index in [0.29, 0.717) is 0 Å². The number of hydrogen-bond acceptors (Lipinski definition) is 14. The van der Waals surface area contributed by atoms with E-state index >= 15 is 0 Å². The van der Waals surface area contributed by atoms with E-state index in [9.17, 15) is 57.8 Å². The normalized spacial score (nSPS) is 50.5. The van der Waals surface area contributed by atoms with Crippen molar-refractivity contribution >= 4 is 26.9 Å². The number of fused-ring (bicyclic) bond motifs is 2. The minimum atomic E-state index is -1.72. The van der Waals surface area contributed by atoms with E-state index in [1.807, 2.05) is 0 Å². The summed E-state index contributed by atoms with van der Waals surface area (Å²) in [5.41, 5.74) is 0. The number of rotatable bonds is 10. The van der Waals surface area contributed by atoms with Crippen molar-refractivity contribution in [3.63, 3.8) is 0 Å². The number of carbonyl (C=O) groups is 2. The molecule has 292 valence electrons. The topological polar surface area (TPSA) is 211 Å². The van der Waals surface area contributed by atoms with Crippen molar-refractivity contribution in [3.8, 4) is 0 Å². The fraction of sp³-hybridized carbons (Fsp3) is 0.938. The average molecular weight is 810 g/mol. The quantitative estimate of drug-likeness (QED) is 0.0833. The third-order valence-corrected chi connectivity index (χ3v) is 13.8. The van der Waals surface area contributed by atoms with Crippen molar-refractivity contribution in [2.24, 2.45) is 23.7 Å². The Morgan fingerprint density at radius 1 is 0.588 bits per heavy atom. The van der Waals surface area contributed by atoms with Gasteiger partial charge in [-0.05, 0) is 0 Å². The molecule has 6 aliphatic rings. The molecule has 2 saturated carbocycles. The predicted octanol–water partition coefficient (Wildman–Crippen LogP) is -1.63. The summed E-state index contributed by atoms with van der Waals surface area (Å²) in [4.78, 5) is 25.4. The maximum atomic E-state index is 14.1. The molecule has 0 bridgehead atoms. The number of alkyl halides is 4. The Balaban J connectivity index is 1.08. The summed E-state index contributed by atoms with van der Waals surface area (Å²) in [5, 5.41) is 61.8. The molecule has 20 atom stereocenters. The molecular weight excluding hydrogens is 763 g/mol. The molecule has 4 aliphatic heterocycles. The van der Waals surface area contributed by atoms with Crippen LogP contribution in [-0.2, 0) is 38.0 Å². The first-order valence-electron chi connectivity index (χ1n) is 17.4. The SMILES string of the molecule is O=C1OC2CC(F)C(F)CC2CC1CO[C@H]1[C@@H](O)[C@@H](CO)O[C@@H]([Se][C@@H]2O[C@H](CO)[C@H](O)[C@H](OCC3CC4CC(F)C(F)CC4OC3=O)[C@H]2O)[C@@H]1O. The van der Waals surface area contributed by atoms with Crippen LogP contribution in [0.1, 0.15) is 38.5 Å². The van der Waals surface area contributed by atoms with Crippen LogP contribution >= 0.6 is 0 Å². The maximum absolute atomic E-state index is 14.1. The Bertz CT molecular complexity index is 1120. The van der Waals surface area contributed by atoms with Gasteiger partial charge in [0.1, 0.15) is 0 Å². The summed E-state index contributed by atoms with van der Waals surface area (Å²) in [6, 6.07) is 0. The summed E-state index contributed by atoms with van der Waals surface area (Å²) in [6.07, 6.45) is -20.5. The Labute approximate surface area is 297 Å². The second-order valence-corrected chi connectivity index (χ2v) is 17.0. The number of ether oxygens (including phenoxy) is 6. The van der Waals surface area contributed by atoms with Gasteiger partial charge >= 0.3 is 297 Å². The molecule has 14 nitrogen and oxygen atoms in total. The van der Waals surface area contributed by atoms with Gasteiger partial charge in [-0.2, -0.15) is 0 Å². The van der Waals surface area contributed by atoms with E-state index in [0.717, 1.165) is 0 Å². The van der Waals surface area contributed by atoms with E-state index < -0.39 is 160 Å². The van der Waals surface area contributed by atoms with E-state index in [-0.39, 0.29) is 51.7 Å². The van der Waals surface area contributed by atoms with Crippen molar-refractivity contribution in [1.82, 2.24) is 0 Å². The fourth-order valence-electron chi connectivity index (χ4n) is 8.08. The molecule has 6 N–H and O–H groups in total. The van der Waals surface area contributed by atoms with Gasteiger partial charge in [0, 0.05) is 0 Å². The summed E-state index contributed by atoms with van der Waals surface area (Å²) < 4.78 is 89.7. The van der Waals surface area contributed by atoms with Crippen molar-refractivity contribution in [2.45, 2.75) is 134 Å². The molecular formula is C32H46F4O14Se. The van der Waals surface area contributed by atoms with E-state index in [2.05, 4.69) is 0 Å². The number of halogens is 4. The molecule has 6 fully saturated rings. The molecule has 2 aliphatic carbocycles. The van der Waals surface area contributed by atoms with Crippen molar-refractivity contribution in [1.29, 1.82) is 0 Å². The van der Waals surface area contributed by atoms with Gasteiger partial charge in [-0.3, -0.25) is 0 Å². The van der Waals surface area contributed by atoms with Crippen molar-refractivity contribution in [3.05, 3.63) is 0 Å². The van der Waals surface area contributed by atoms with Crippen LogP contribution in [0.25, 0.3) is 0 Å². The summed E-state index contributed by atoms with van der Waals surface area (Å²) >= 11 is -1.08. The molecule has 0 aromatic rings. The molecule has 6 rings (SSSR count). The number of aliphatic hydroxyl groups excluding tert-OH is 6. The molecule has 0 amide bonds. The Morgan fingerprint density at radius 2 is 0.961 bits per heavy atom. The third-order valence-electron chi connectivity index (χ3n) is 11.1. The van der Waals surface area contributed by atoms with Gasteiger partial charge < -0.3 is 0 Å². The number of aliphatic hydroxyl groups is 6. The Morgan fingerprint density at radius 3 is 1.33 bits per heavy atom. The zero-order valence-corrected chi connectivity index (χ0v) is 29.2. The van der Waals surface area contributed by atoms with E-state index in [4.69, 9.17) is 28.4 Å². The summed E-state index contributed by atoms with van der Waals surface area (Å²) in [5.74, 6) is -4.03. The number of carbonyl (C=O) groups excluding carboxylic acids is 2. The third kappa shape index (κ3) is 8.39. The molecule has 19 heteroatoms. The van der Waals surface area contributed by atoms with Gasteiger partial charge in [0.15, 0.2) is 0 Å². The minimum absolute atomic E-state index is 0.126. The molecule has 0 radical (unpaired) electrons. The van der Waals surface area contributed by atoms with E-state index in [1.54, 1.807) is 0 Å². The van der Waals surface area contributed by atoms with Gasteiger partial charge in [0.2, 0.25) is 0 Å². The van der Waals surface area contributed by atoms with Crippen LogP contribution in [0, 0.1) is 23.7 Å². The zero-order chi connectivity index (χ0) is 36.7. The first-order valence-corrected chi connectivity index (χ1v) is 19.4. The molecule has 0 spiro atoms. The van der Waals surface area contributed by atoms with Gasteiger partial charge in [0.25, 0.3) is 0 Å². The second-order valence-electron chi connectivity index (χ2n) is 14.5. The van der Waals surface area contributed by atoms with Crippen LogP contribution in [0.15, 0.2) is 0 Å². The van der Waals surface area contributed by atoms with Gasteiger partial charge in [0.05, 0.1) is 0 Å². The predicted molar refractivity (Wildman–Crippen MR) is 162 cm³/mol. The standard InChI is InChI=1S/C32H46F4O14Se/c33-15-3-11-1-13(29(43)47-19(11)5-17(15)35)9-45-27-23(39)21(7-37)49-31(25(27)41)51-32-26(42)28(24(40)22(8-38)50-32)46-10-14-2-12-4-16(34)18(36)6-20(12)48-30(14)44/h11-28,31-32,37-42H,1-10H2/t11?,12?,13?,14?,15?,16?,17?,18?,19?,20?,21-,22-,23+,24+,25-,26-,27+,28+,31+,32+/m1/s1. The fourth-order valence-corrected chi connectivity index (χ4v) is 10.8. The molecule has 0 aromatic carbocycles. The first-order chi connectivity index (χ1) is 24.3. The van der Waals surface area contributed by atoms with Crippen LogP contribution in [0.5, 0.6) is 0 Å². The van der Waals surface area contributed by atoms with Crippen LogP contribution in [0.3, 0.4) is 0 Å². The molecule has 4 saturated heterocycles. The monoisotopic (exact) mass is 810 g/mol. The number of hydrogen-bond donors (Lipinski definition) is 6. The van der Waals surface area contributed by atoms with Gasteiger partial charge in [-0.25, -0.2) is 0 Å². The zero-order valence-electron chi connectivity index (χ0n) is 27.5. The first kappa shape index (κ1) is 39.5. The summed E-state index contributed by atoms with van der Waals surface area (Å²) in [7, 11) is 0. The second kappa shape index (κ2) is 16.7. The van der Waals surface area contributed by atoms with Crippen molar-refractivity contribution < 1.29 is 86.2 Å². The van der Waals surface area contributed by atoms with Gasteiger partial charge in [-0.1, -0.05) is 0 Å². The summed E-state index contributed by atoms with van der Waals surface area (Å²) in [6.45, 7) is -2.11. The molecule has 0 aromatic heterocycles. The Hall–Kier alpha value is -1.22. The van der Waals surface area contributed by atoms with Crippen LogP contribution < -0.4 is 0 Å². The molecule has 4 heterocycles. The van der Waals surface area contributed by atoms with E-state index in [1.165, 1.54) is 0 Å². The average Bonchev–Trinajstić information content (AvgIpc) is 3.09. The van der Waals surface area contributed by atoms with Crippen LogP contribution in [0.4, 0.5) is 17.6 Å². The van der Waals surface area contributed by atoms with Crippen molar-refractivity contribution in [2.75, 3.05) is 26.4 Å². The van der Waals surface area contributed by atoms with Gasteiger partial charge in [-0.15, -0.1) is 0 Å². The molecule has 51 heavy (non-hydrogen) atoms. The molecule has 10 unspecified atom stereocenters. The van der Waals surface area contributed by atoms with Crippen LogP contribution in [0.2, 0.25) is 0 Å².